The van der Waals surface area contributed by atoms with Crippen LogP contribution in [-0.4, -0.2) is 10.8 Å². The Kier molecular flexibility index (Phi) is 4.60. The summed E-state index contributed by atoms with van der Waals surface area (Å²) in [6, 6.07) is 9.31. The van der Waals surface area contributed by atoms with Gasteiger partial charge in [0.05, 0.1) is 16.6 Å². The number of benzene rings is 2. The maximum atomic E-state index is 13.4. The minimum absolute atomic E-state index is 0.106. The zero-order valence-corrected chi connectivity index (χ0v) is 17.9. The molecule has 9 heteroatoms. The summed E-state index contributed by atoms with van der Waals surface area (Å²) in [4.78, 5) is 1.60. The van der Waals surface area contributed by atoms with Gasteiger partial charge in [0.1, 0.15) is 5.75 Å². The van der Waals surface area contributed by atoms with E-state index >= 15 is 0 Å². The molecular formula is C19H15BrClF3N2OS. The van der Waals surface area contributed by atoms with Crippen LogP contribution in [0.2, 0.25) is 5.02 Å². The number of anilines is 1. The molecule has 1 N–H and O–H groups in total. The molecule has 4 rings (SSSR count). The highest BCUT2D eigenvalue weighted by molar-refractivity contribution is 9.10. The number of nitrogens with zero attached hydrogens (tertiary/aromatic N) is 1. The van der Waals surface area contributed by atoms with Crippen LogP contribution in [0.15, 0.2) is 40.9 Å². The molecule has 2 aromatic rings. The number of fused-ring (bicyclic) bond motifs is 4. The van der Waals surface area contributed by atoms with E-state index in [1.807, 2.05) is 32.0 Å². The molecule has 3 atom stereocenters. The van der Waals surface area contributed by atoms with Crippen LogP contribution in [0.4, 0.5) is 18.9 Å². The van der Waals surface area contributed by atoms with Gasteiger partial charge in [0.15, 0.2) is 10.8 Å². The van der Waals surface area contributed by atoms with E-state index < -0.39 is 17.5 Å². The zero-order valence-electron chi connectivity index (χ0n) is 14.8. The average molecular weight is 492 g/mol. The highest BCUT2D eigenvalue weighted by Crippen LogP contribution is 2.50. The number of halogens is 5. The predicted octanol–water partition coefficient (Wildman–Crippen LogP) is 6.30. The Morgan fingerprint density at radius 3 is 2.64 bits per heavy atom. The molecule has 0 amide bonds. The number of nitrogens with one attached hydrogen (secondary N) is 1. The molecule has 2 heterocycles. The Bertz CT molecular complexity index is 986. The van der Waals surface area contributed by atoms with Crippen LogP contribution >= 0.6 is 39.7 Å². The molecule has 1 saturated heterocycles. The summed E-state index contributed by atoms with van der Waals surface area (Å²) < 4.78 is 47.3. The van der Waals surface area contributed by atoms with Crippen molar-refractivity contribution in [2.45, 2.75) is 31.8 Å². The van der Waals surface area contributed by atoms with E-state index in [9.17, 15) is 13.2 Å². The smallest absolute Gasteiger partial charge is 0.417 e. The molecule has 148 valence electrons. The van der Waals surface area contributed by atoms with Gasteiger partial charge in [0.25, 0.3) is 0 Å². The average Bonchev–Trinajstić information content (AvgIpc) is 2.59. The van der Waals surface area contributed by atoms with Crippen molar-refractivity contribution < 1.29 is 17.9 Å². The van der Waals surface area contributed by atoms with Crippen molar-refractivity contribution >= 4 is 50.5 Å². The molecule has 0 aromatic heterocycles. The van der Waals surface area contributed by atoms with Crippen LogP contribution in [0.1, 0.15) is 31.0 Å². The lowest BCUT2D eigenvalue weighted by Crippen LogP contribution is -2.69. The minimum atomic E-state index is -4.57. The molecule has 0 spiro atoms. The summed E-state index contributed by atoms with van der Waals surface area (Å²) in [5.74, 6) is 0.560. The third kappa shape index (κ3) is 2.97. The van der Waals surface area contributed by atoms with Gasteiger partial charge in [-0.15, -0.1) is 0 Å². The lowest BCUT2D eigenvalue weighted by molar-refractivity contribution is -0.137. The van der Waals surface area contributed by atoms with Gasteiger partial charge in [-0.1, -0.05) is 34.5 Å². The summed E-state index contributed by atoms with van der Waals surface area (Å²) in [7, 11) is 0. The highest BCUT2D eigenvalue weighted by Gasteiger charge is 2.54. The van der Waals surface area contributed by atoms with E-state index in [-0.39, 0.29) is 22.7 Å². The van der Waals surface area contributed by atoms with Crippen LogP contribution in [0.25, 0.3) is 0 Å². The van der Waals surface area contributed by atoms with Crippen molar-refractivity contribution in [2.75, 3.05) is 4.90 Å². The molecule has 0 radical (unpaired) electrons. The maximum absolute atomic E-state index is 13.4. The van der Waals surface area contributed by atoms with Gasteiger partial charge in [-0.2, -0.15) is 13.2 Å². The van der Waals surface area contributed by atoms with Gasteiger partial charge in [0, 0.05) is 21.6 Å². The Labute approximate surface area is 178 Å². The molecule has 2 aliphatic heterocycles. The zero-order chi connectivity index (χ0) is 20.4. The second-order valence-electron chi connectivity index (χ2n) is 7.05. The first-order chi connectivity index (χ1) is 13.0. The van der Waals surface area contributed by atoms with Gasteiger partial charge in [-0.3, -0.25) is 4.90 Å². The third-order valence-electron chi connectivity index (χ3n) is 5.41. The van der Waals surface area contributed by atoms with Crippen molar-refractivity contribution in [3.63, 3.8) is 0 Å². The van der Waals surface area contributed by atoms with E-state index in [2.05, 4.69) is 21.2 Å². The first-order valence-corrected chi connectivity index (χ1v) is 10.1. The molecular weight excluding hydrogens is 477 g/mol. The van der Waals surface area contributed by atoms with Gasteiger partial charge in [-0.25, -0.2) is 0 Å². The van der Waals surface area contributed by atoms with Crippen molar-refractivity contribution in [3.8, 4) is 5.75 Å². The van der Waals surface area contributed by atoms with Crippen molar-refractivity contribution in [2.24, 2.45) is 5.92 Å². The highest BCUT2D eigenvalue weighted by atomic mass is 79.9. The quantitative estimate of drug-likeness (QED) is 0.473. The third-order valence-corrected chi connectivity index (χ3v) is 6.53. The fourth-order valence-electron chi connectivity index (χ4n) is 3.84. The molecule has 3 nitrogen and oxygen atoms in total. The fourth-order valence-corrected chi connectivity index (χ4v) is 4.86. The summed E-state index contributed by atoms with van der Waals surface area (Å²) in [6.45, 7) is 3.82. The van der Waals surface area contributed by atoms with E-state index in [1.54, 1.807) is 4.90 Å². The predicted molar refractivity (Wildman–Crippen MR) is 110 cm³/mol. The summed E-state index contributed by atoms with van der Waals surface area (Å²) in [6.07, 6.45) is -4.57. The van der Waals surface area contributed by atoms with Gasteiger partial charge >= 0.3 is 6.18 Å². The van der Waals surface area contributed by atoms with Crippen molar-refractivity contribution in [3.05, 3.63) is 57.0 Å². The second kappa shape index (κ2) is 6.50. The Morgan fingerprint density at radius 2 is 1.96 bits per heavy atom. The van der Waals surface area contributed by atoms with E-state index in [1.165, 1.54) is 12.1 Å². The normalized spacial score (nSPS) is 26.4. The topological polar surface area (TPSA) is 24.5 Å². The van der Waals surface area contributed by atoms with Crippen molar-refractivity contribution in [1.82, 2.24) is 5.32 Å². The lowest BCUT2D eigenvalue weighted by Gasteiger charge is -2.56. The van der Waals surface area contributed by atoms with Gasteiger partial charge in [0.2, 0.25) is 0 Å². The summed E-state index contributed by atoms with van der Waals surface area (Å²) in [5.41, 5.74) is -0.658. The minimum Gasteiger partial charge on any atom is -0.467 e. The Hall–Kier alpha value is -1.51. The lowest BCUT2D eigenvalue weighted by atomic mass is 9.80. The Balaban J connectivity index is 1.84. The number of rotatable bonds is 1. The molecule has 1 fully saturated rings. The number of hydrogen-bond acceptors (Lipinski definition) is 2. The second-order valence-corrected chi connectivity index (χ2v) is 8.76. The molecule has 2 aliphatic rings. The molecule has 0 aliphatic carbocycles. The first-order valence-electron chi connectivity index (χ1n) is 8.48. The van der Waals surface area contributed by atoms with E-state index in [0.29, 0.717) is 10.9 Å². The van der Waals surface area contributed by atoms with Crippen LogP contribution in [0.3, 0.4) is 0 Å². The number of alkyl halides is 3. The standard InChI is InChI=1S/C19H15BrClF3N2OS/c1-9-16-12-7-10(20)3-6-15(12)27-18(9,2)26(17(28)25-16)11-4-5-14(21)13(8-11)19(22,23)24/h3-9,16H,1-2H3,(H,25,28). The van der Waals surface area contributed by atoms with E-state index in [0.717, 1.165) is 16.1 Å². The van der Waals surface area contributed by atoms with Crippen molar-refractivity contribution in [1.29, 1.82) is 0 Å². The summed E-state index contributed by atoms with van der Waals surface area (Å²) in [5, 5.41) is 3.21. The van der Waals surface area contributed by atoms with Crippen LogP contribution in [0.5, 0.6) is 5.75 Å². The number of hydrogen-bond donors (Lipinski definition) is 1. The van der Waals surface area contributed by atoms with Crippen LogP contribution in [-0.2, 0) is 6.18 Å². The molecule has 3 unspecified atom stereocenters. The monoisotopic (exact) mass is 490 g/mol. The maximum Gasteiger partial charge on any atom is 0.417 e. The van der Waals surface area contributed by atoms with Crippen LogP contribution in [0, 0.1) is 5.92 Å². The number of ether oxygens (including phenoxy) is 1. The SMILES string of the molecule is CC1C2NC(=S)N(c3ccc(Cl)c(C(F)(F)F)c3)C1(C)Oc1ccc(Br)cc12. The van der Waals surface area contributed by atoms with Crippen LogP contribution < -0.4 is 15.0 Å². The molecule has 0 saturated carbocycles. The van der Waals surface area contributed by atoms with E-state index in [4.69, 9.17) is 28.6 Å². The summed E-state index contributed by atoms with van der Waals surface area (Å²) >= 11 is 14.8. The number of thiocarbonyl (C=S) groups is 1. The molecule has 28 heavy (non-hydrogen) atoms. The largest absolute Gasteiger partial charge is 0.467 e. The van der Waals surface area contributed by atoms with Gasteiger partial charge in [-0.05, 0) is 55.5 Å². The first kappa shape index (κ1) is 19.8. The fraction of sp³-hybridized carbons (Fsp3) is 0.316. The van der Waals surface area contributed by atoms with Gasteiger partial charge < -0.3 is 10.1 Å². The molecule has 2 bridgehead atoms. The molecule has 2 aromatic carbocycles. The Morgan fingerprint density at radius 1 is 1.25 bits per heavy atom.